The molecule has 0 bridgehead atoms. The summed E-state index contributed by atoms with van der Waals surface area (Å²) in [6.07, 6.45) is 3.74. The predicted molar refractivity (Wildman–Crippen MR) is 40.4 cm³/mol. The quantitative estimate of drug-likeness (QED) is 0.445. The molecule has 0 saturated carbocycles. The van der Waals surface area contributed by atoms with Crippen LogP contribution in [0.25, 0.3) is 0 Å². The summed E-state index contributed by atoms with van der Waals surface area (Å²) in [5, 5.41) is 0. The average molecular weight is 144 g/mol. The smallest absolute Gasteiger partial charge is 0.0742 e. The van der Waals surface area contributed by atoms with Gasteiger partial charge in [0.1, 0.15) is 0 Å². The molecule has 1 heterocycles. The van der Waals surface area contributed by atoms with Crippen LogP contribution in [0.4, 0.5) is 0 Å². The monoisotopic (exact) mass is 144 g/mol. The van der Waals surface area contributed by atoms with Crippen LogP contribution in [-0.2, 0) is 4.74 Å². The standard InChI is InChI=1S/C7H16N2O/c1-2-6(9-8)7-4-3-5-10-7/h6-7,9H,2-5,8H2,1H3. The molecule has 0 spiro atoms. The van der Waals surface area contributed by atoms with Gasteiger partial charge in [0.05, 0.1) is 6.10 Å². The van der Waals surface area contributed by atoms with E-state index in [1.807, 2.05) is 0 Å². The lowest BCUT2D eigenvalue weighted by atomic mass is 10.1. The van der Waals surface area contributed by atoms with Crippen LogP contribution in [0.1, 0.15) is 26.2 Å². The fraction of sp³-hybridized carbons (Fsp3) is 1.00. The summed E-state index contributed by atoms with van der Waals surface area (Å²) in [5.74, 6) is 5.33. The molecule has 0 radical (unpaired) electrons. The minimum atomic E-state index is 0.350. The minimum Gasteiger partial charge on any atom is -0.377 e. The molecule has 3 nitrogen and oxygen atoms in total. The summed E-state index contributed by atoms with van der Waals surface area (Å²) in [7, 11) is 0. The first-order valence-corrected chi connectivity index (χ1v) is 3.96. The zero-order valence-electron chi connectivity index (χ0n) is 6.47. The van der Waals surface area contributed by atoms with Crippen molar-refractivity contribution < 1.29 is 4.74 Å². The van der Waals surface area contributed by atoms with Gasteiger partial charge in [0, 0.05) is 12.6 Å². The van der Waals surface area contributed by atoms with Crippen LogP contribution in [-0.4, -0.2) is 18.8 Å². The van der Waals surface area contributed by atoms with Crippen LogP contribution in [0.5, 0.6) is 0 Å². The summed E-state index contributed by atoms with van der Waals surface area (Å²) in [4.78, 5) is 0. The molecule has 2 atom stereocenters. The van der Waals surface area contributed by atoms with Gasteiger partial charge in [-0.05, 0) is 19.3 Å². The lowest BCUT2D eigenvalue weighted by Gasteiger charge is -2.19. The molecule has 60 valence electrons. The number of ether oxygens (including phenoxy) is 1. The van der Waals surface area contributed by atoms with Gasteiger partial charge in [-0.2, -0.15) is 0 Å². The highest BCUT2D eigenvalue weighted by molar-refractivity contribution is 4.76. The molecule has 1 aliphatic heterocycles. The maximum absolute atomic E-state index is 5.45. The SMILES string of the molecule is CCC(NN)C1CCCO1. The molecule has 1 rings (SSSR count). The lowest BCUT2D eigenvalue weighted by Crippen LogP contribution is -2.43. The number of rotatable bonds is 3. The Morgan fingerprint density at radius 3 is 3.00 bits per heavy atom. The van der Waals surface area contributed by atoms with E-state index in [4.69, 9.17) is 10.6 Å². The van der Waals surface area contributed by atoms with Gasteiger partial charge in [-0.3, -0.25) is 11.3 Å². The van der Waals surface area contributed by atoms with E-state index in [2.05, 4.69) is 12.3 Å². The van der Waals surface area contributed by atoms with Gasteiger partial charge in [0.25, 0.3) is 0 Å². The Balaban J connectivity index is 2.29. The Kier molecular flexibility index (Phi) is 3.12. The van der Waals surface area contributed by atoms with E-state index in [0.717, 1.165) is 19.4 Å². The van der Waals surface area contributed by atoms with Crippen molar-refractivity contribution >= 4 is 0 Å². The van der Waals surface area contributed by atoms with E-state index in [9.17, 15) is 0 Å². The van der Waals surface area contributed by atoms with Crippen molar-refractivity contribution in [1.29, 1.82) is 0 Å². The van der Waals surface area contributed by atoms with Crippen LogP contribution in [0.2, 0.25) is 0 Å². The topological polar surface area (TPSA) is 47.3 Å². The van der Waals surface area contributed by atoms with E-state index in [1.54, 1.807) is 0 Å². The average Bonchev–Trinajstić information content (AvgIpc) is 2.43. The van der Waals surface area contributed by atoms with Crippen molar-refractivity contribution in [1.82, 2.24) is 5.43 Å². The molecule has 1 aliphatic rings. The van der Waals surface area contributed by atoms with E-state index >= 15 is 0 Å². The minimum absolute atomic E-state index is 0.350. The third-order valence-electron chi connectivity index (χ3n) is 2.07. The van der Waals surface area contributed by atoms with Crippen LogP contribution in [0, 0.1) is 0 Å². The van der Waals surface area contributed by atoms with Gasteiger partial charge < -0.3 is 4.74 Å². The van der Waals surface area contributed by atoms with Crippen molar-refractivity contribution in [3.63, 3.8) is 0 Å². The number of hydrazine groups is 1. The molecule has 0 aromatic rings. The van der Waals surface area contributed by atoms with E-state index in [0.29, 0.717) is 12.1 Å². The number of nitrogens with one attached hydrogen (secondary N) is 1. The molecular weight excluding hydrogens is 128 g/mol. The van der Waals surface area contributed by atoms with Gasteiger partial charge in [-0.25, -0.2) is 0 Å². The summed E-state index contributed by atoms with van der Waals surface area (Å²) in [5.41, 5.74) is 2.77. The second-order valence-electron chi connectivity index (χ2n) is 2.73. The van der Waals surface area contributed by atoms with Gasteiger partial charge >= 0.3 is 0 Å². The van der Waals surface area contributed by atoms with E-state index in [-0.39, 0.29) is 0 Å². The highest BCUT2D eigenvalue weighted by atomic mass is 16.5. The fourth-order valence-electron chi connectivity index (χ4n) is 1.41. The van der Waals surface area contributed by atoms with Crippen LogP contribution in [0.3, 0.4) is 0 Å². The van der Waals surface area contributed by atoms with Crippen molar-refractivity contribution in [3.8, 4) is 0 Å². The second kappa shape index (κ2) is 3.91. The van der Waals surface area contributed by atoms with Crippen molar-refractivity contribution in [2.45, 2.75) is 38.3 Å². The van der Waals surface area contributed by atoms with Crippen LogP contribution in [0.15, 0.2) is 0 Å². The van der Waals surface area contributed by atoms with Gasteiger partial charge in [0.2, 0.25) is 0 Å². The third kappa shape index (κ3) is 1.68. The summed E-state index contributed by atoms with van der Waals surface area (Å²) >= 11 is 0. The van der Waals surface area contributed by atoms with Crippen LogP contribution < -0.4 is 11.3 Å². The predicted octanol–water partition coefficient (Wildman–Crippen LogP) is 0.407. The maximum Gasteiger partial charge on any atom is 0.0742 e. The first kappa shape index (κ1) is 7.98. The Labute approximate surface area is 61.9 Å². The molecule has 2 unspecified atom stereocenters. The Bertz CT molecular complexity index is 87.6. The molecule has 10 heavy (non-hydrogen) atoms. The normalized spacial score (nSPS) is 28.8. The highest BCUT2D eigenvalue weighted by Crippen LogP contribution is 2.16. The molecule has 1 saturated heterocycles. The van der Waals surface area contributed by atoms with E-state index in [1.165, 1.54) is 6.42 Å². The number of hydrogen-bond acceptors (Lipinski definition) is 3. The van der Waals surface area contributed by atoms with Gasteiger partial charge in [-0.15, -0.1) is 0 Å². The molecule has 3 N–H and O–H groups in total. The highest BCUT2D eigenvalue weighted by Gasteiger charge is 2.22. The molecular formula is C7H16N2O. The van der Waals surface area contributed by atoms with E-state index < -0.39 is 0 Å². The van der Waals surface area contributed by atoms with Gasteiger partial charge in [-0.1, -0.05) is 6.92 Å². The molecule has 3 heteroatoms. The maximum atomic E-state index is 5.45. The molecule has 0 aromatic carbocycles. The van der Waals surface area contributed by atoms with Gasteiger partial charge in [0.15, 0.2) is 0 Å². The first-order chi connectivity index (χ1) is 4.88. The summed E-state index contributed by atoms with van der Waals surface area (Å²) in [6.45, 7) is 3.02. The Morgan fingerprint density at radius 2 is 2.60 bits per heavy atom. The number of nitrogens with two attached hydrogens (primary N) is 1. The number of hydrogen-bond donors (Lipinski definition) is 2. The van der Waals surface area contributed by atoms with Crippen molar-refractivity contribution in [2.24, 2.45) is 5.84 Å². The lowest BCUT2D eigenvalue weighted by molar-refractivity contribution is 0.0772. The third-order valence-corrected chi connectivity index (χ3v) is 2.07. The van der Waals surface area contributed by atoms with Crippen LogP contribution >= 0.6 is 0 Å². The fourth-order valence-corrected chi connectivity index (χ4v) is 1.41. The molecule has 1 fully saturated rings. The Morgan fingerprint density at radius 1 is 1.80 bits per heavy atom. The summed E-state index contributed by atoms with van der Waals surface area (Å²) in [6, 6.07) is 0.350. The van der Waals surface area contributed by atoms with Crippen molar-refractivity contribution in [2.75, 3.05) is 6.61 Å². The molecule has 0 amide bonds. The zero-order valence-corrected chi connectivity index (χ0v) is 6.47. The zero-order chi connectivity index (χ0) is 7.40. The molecule has 0 aliphatic carbocycles. The summed E-state index contributed by atoms with van der Waals surface area (Å²) < 4.78 is 5.45. The van der Waals surface area contributed by atoms with Crippen molar-refractivity contribution in [3.05, 3.63) is 0 Å². The second-order valence-corrected chi connectivity index (χ2v) is 2.73. The Hall–Kier alpha value is -0.120. The first-order valence-electron chi connectivity index (χ1n) is 3.96. The molecule has 0 aromatic heterocycles. The largest absolute Gasteiger partial charge is 0.377 e.